The van der Waals surface area contributed by atoms with Crippen LogP contribution in [0.15, 0.2) is 0 Å². The van der Waals surface area contributed by atoms with Crippen LogP contribution in [0.5, 0.6) is 0 Å². The van der Waals surface area contributed by atoms with Crippen molar-refractivity contribution in [1.82, 2.24) is 5.32 Å². The molecule has 17 atom stereocenters. The van der Waals surface area contributed by atoms with E-state index in [2.05, 4.69) is 19.2 Å². The second-order valence-electron chi connectivity index (χ2n) is 23.6. The van der Waals surface area contributed by atoms with Crippen molar-refractivity contribution in [2.75, 3.05) is 26.4 Å². The smallest absolute Gasteiger partial charge is 0.220 e. The maximum atomic E-state index is 13.3. The van der Waals surface area contributed by atoms with Crippen molar-refractivity contribution in [3.05, 3.63) is 0 Å². The number of unbranched alkanes of at least 4 members (excludes halogenated alkanes) is 33. The average Bonchev–Trinajstić information content (AvgIpc) is 3.55. The van der Waals surface area contributed by atoms with Gasteiger partial charge in [0.25, 0.3) is 0 Å². The summed E-state index contributed by atoms with van der Waals surface area (Å²) in [5.41, 5.74) is 0. The highest BCUT2D eigenvalue weighted by molar-refractivity contribution is 5.76. The zero-order chi connectivity index (χ0) is 58.3. The van der Waals surface area contributed by atoms with Gasteiger partial charge in [-0.2, -0.15) is 0 Å². The third-order valence-corrected chi connectivity index (χ3v) is 16.7. The molecule has 1 amide bonds. The molecule has 474 valence electrons. The zero-order valence-electron chi connectivity index (χ0n) is 49.6. The second kappa shape index (κ2) is 45.2. The summed E-state index contributed by atoms with van der Waals surface area (Å²) >= 11 is 0. The molecule has 80 heavy (non-hydrogen) atoms. The van der Waals surface area contributed by atoms with E-state index >= 15 is 0 Å². The Bertz CT molecular complexity index is 1470. The van der Waals surface area contributed by atoms with Crippen LogP contribution in [0.1, 0.15) is 251 Å². The summed E-state index contributed by atoms with van der Waals surface area (Å²) in [5.74, 6) is -0.241. The highest BCUT2D eigenvalue weighted by Gasteiger charge is 2.53. The molecule has 3 saturated heterocycles. The molecular formula is C61H117NO18. The van der Waals surface area contributed by atoms with Crippen molar-refractivity contribution in [2.24, 2.45) is 0 Å². The predicted octanol–water partition coefficient (Wildman–Crippen LogP) is 6.77. The fourth-order valence-electron chi connectivity index (χ4n) is 11.4. The highest BCUT2D eigenvalue weighted by Crippen LogP contribution is 2.33. The van der Waals surface area contributed by atoms with E-state index in [1.165, 1.54) is 173 Å². The lowest BCUT2D eigenvalue weighted by molar-refractivity contribution is -0.379. The van der Waals surface area contributed by atoms with E-state index < -0.39 is 124 Å². The minimum Gasteiger partial charge on any atom is -0.394 e. The molecular weight excluding hydrogens is 1030 g/mol. The largest absolute Gasteiger partial charge is 0.394 e. The van der Waals surface area contributed by atoms with Gasteiger partial charge in [0.15, 0.2) is 18.9 Å². The van der Waals surface area contributed by atoms with Gasteiger partial charge < -0.3 is 89.9 Å². The molecule has 19 nitrogen and oxygen atoms in total. The number of aliphatic hydroxyl groups is 11. The predicted molar refractivity (Wildman–Crippen MR) is 305 cm³/mol. The van der Waals surface area contributed by atoms with Gasteiger partial charge in [-0.25, -0.2) is 0 Å². The van der Waals surface area contributed by atoms with Gasteiger partial charge in [-0.15, -0.1) is 0 Å². The van der Waals surface area contributed by atoms with Gasteiger partial charge in [0.2, 0.25) is 5.91 Å². The number of carbonyl (C=O) groups excluding carboxylic acids is 1. The van der Waals surface area contributed by atoms with Crippen molar-refractivity contribution in [3.8, 4) is 0 Å². The first kappa shape index (κ1) is 73.0. The number of hydrogen-bond donors (Lipinski definition) is 12. The van der Waals surface area contributed by atoms with Crippen molar-refractivity contribution in [1.29, 1.82) is 0 Å². The average molecular weight is 1150 g/mol. The third-order valence-electron chi connectivity index (χ3n) is 16.7. The standard InChI is InChI=1S/C61H117NO18/c1-3-5-7-9-11-13-14-15-16-17-18-19-20-21-22-23-24-25-26-27-28-29-30-31-33-35-37-39-49(67)62-44(45(66)38-36-34-32-12-10-8-6-4-2)43-75-59-55(73)52(70)57(47(41-64)77-59)80-61-56(74)53(71)58(48(42-65)78-61)79-60-54(72)51(69)50(68)46(40-63)76-60/h44-48,50-61,63-66,68-74H,3-43H2,1-2H3,(H,62,67). The lowest BCUT2D eigenvalue weighted by atomic mass is 9.96. The van der Waals surface area contributed by atoms with Gasteiger partial charge >= 0.3 is 0 Å². The van der Waals surface area contributed by atoms with E-state index in [0.717, 1.165) is 44.9 Å². The molecule has 0 aromatic rings. The normalized spacial score (nSPS) is 29.9. The Morgan fingerprint density at radius 1 is 0.400 bits per heavy atom. The summed E-state index contributed by atoms with van der Waals surface area (Å²) in [6, 6.07) is -0.878. The van der Waals surface area contributed by atoms with Gasteiger partial charge in [0.05, 0.1) is 38.6 Å². The van der Waals surface area contributed by atoms with Crippen molar-refractivity contribution in [2.45, 2.75) is 356 Å². The first-order valence-corrected chi connectivity index (χ1v) is 32.3. The minimum absolute atomic E-state index is 0.241. The van der Waals surface area contributed by atoms with E-state index in [9.17, 15) is 61.0 Å². The van der Waals surface area contributed by atoms with Gasteiger partial charge in [-0.05, 0) is 12.8 Å². The van der Waals surface area contributed by atoms with Crippen LogP contribution in [-0.2, 0) is 33.2 Å². The molecule has 19 heteroatoms. The molecule has 17 unspecified atom stereocenters. The zero-order valence-corrected chi connectivity index (χ0v) is 49.6. The summed E-state index contributed by atoms with van der Waals surface area (Å²) in [6.45, 7) is 1.77. The van der Waals surface area contributed by atoms with Gasteiger partial charge in [-0.1, -0.05) is 232 Å². The Morgan fingerprint density at radius 2 is 0.713 bits per heavy atom. The summed E-state index contributed by atoms with van der Waals surface area (Å²) in [6.07, 6.45) is 18.1. The Labute approximate surface area is 481 Å². The molecule has 0 spiro atoms. The summed E-state index contributed by atoms with van der Waals surface area (Å²) in [5, 5.41) is 120. The Hall–Kier alpha value is -1.21. The van der Waals surface area contributed by atoms with Crippen LogP contribution in [0.4, 0.5) is 0 Å². The molecule has 0 saturated carbocycles. The molecule has 0 aliphatic carbocycles. The number of rotatable bonds is 49. The highest BCUT2D eigenvalue weighted by atomic mass is 16.8. The number of carbonyl (C=O) groups is 1. The van der Waals surface area contributed by atoms with Gasteiger partial charge in [0, 0.05) is 6.42 Å². The van der Waals surface area contributed by atoms with Crippen LogP contribution in [0.2, 0.25) is 0 Å². The quantitative estimate of drug-likeness (QED) is 0.0280. The number of amides is 1. The minimum atomic E-state index is -1.97. The fourth-order valence-corrected chi connectivity index (χ4v) is 11.4. The molecule has 0 aromatic heterocycles. The Kier molecular flexibility index (Phi) is 41.2. The third kappa shape index (κ3) is 28.3. The molecule has 3 heterocycles. The van der Waals surface area contributed by atoms with Crippen molar-refractivity contribution >= 4 is 5.91 Å². The molecule has 3 fully saturated rings. The number of ether oxygens (including phenoxy) is 6. The first-order chi connectivity index (χ1) is 38.8. The topological polar surface area (TPSA) is 307 Å². The SMILES string of the molecule is CCCCCCCCCCCCCCCCCCCCCCCCCCCCCC(=O)NC(COC1OC(CO)C(OC2OC(CO)C(OC3OC(CO)C(O)C(O)C3O)C(O)C2O)C(O)C1O)C(O)CCCCCCCCCC. The van der Waals surface area contributed by atoms with Gasteiger partial charge in [0.1, 0.15) is 73.2 Å². The van der Waals surface area contributed by atoms with Crippen LogP contribution < -0.4 is 5.32 Å². The molecule has 3 aliphatic rings. The van der Waals surface area contributed by atoms with E-state index in [-0.39, 0.29) is 18.9 Å². The number of aliphatic hydroxyl groups excluding tert-OH is 11. The van der Waals surface area contributed by atoms with E-state index in [0.29, 0.717) is 12.8 Å². The Morgan fingerprint density at radius 3 is 1.09 bits per heavy atom. The maximum absolute atomic E-state index is 13.3. The van der Waals surface area contributed by atoms with Crippen LogP contribution >= 0.6 is 0 Å². The monoisotopic (exact) mass is 1150 g/mol. The van der Waals surface area contributed by atoms with Crippen LogP contribution in [0.25, 0.3) is 0 Å². The number of hydrogen-bond acceptors (Lipinski definition) is 18. The number of nitrogens with one attached hydrogen (secondary N) is 1. The lowest BCUT2D eigenvalue weighted by Crippen LogP contribution is -2.66. The second-order valence-corrected chi connectivity index (χ2v) is 23.6. The van der Waals surface area contributed by atoms with Crippen LogP contribution in [-0.4, -0.2) is 193 Å². The molecule has 0 bridgehead atoms. The molecule has 0 radical (unpaired) electrons. The fraction of sp³-hybridized carbons (Fsp3) is 0.984. The summed E-state index contributed by atoms with van der Waals surface area (Å²) in [7, 11) is 0. The van der Waals surface area contributed by atoms with Crippen molar-refractivity contribution in [3.63, 3.8) is 0 Å². The van der Waals surface area contributed by atoms with Crippen LogP contribution in [0.3, 0.4) is 0 Å². The van der Waals surface area contributed by atoms with Crippen LogP contribution in [0, 0.1) is 0 Å². The maximum Gasteiger partial charge on any atom is 0.220 e. The van der Waals surface area contributed by atoms with Gasteiger partial charge in [-0.3, -0.25) is 4.79 Å². The molecule has 12 N–H and O–H groups in total. The van der Waals surface area contributed by atoms with E-state index in [4.69, 9.17) is 28.4 Å². The van der Waals surface area contributed by atoms with Crippen molar-refractivity contribution < 1.29 is 89.4 Å². The first-order valence-electron chi connectivity index (χ1n) is 32.3. The molecule has 3 rings (SSSR count). The molecule has 0 aromatic carbocycles. The summed E-state index contributed by atoms with van der Waals surface area (Å²) in [4.78, 5) is 13.3. The summed E-state index contributed by atoms with van der Waals surface area (Å²) < 4.78 is 34.3. The molecule has 3 aliphatic heterocycles. The Balaban J connectivity index is 1.36. The lowest BCUT2D eigenvalue weighted by Gasteiger charge is -2.48. The van der Waals surface area contributed by atoms with E-state index in [1.54, 1.807) is 0 Å². The van der Waals surface area contributed by atoms with E-state index in [1.807, 2.05) is 0 Å².